The van der Waals surface area contributed by atoms with Gasteiger partial charge in [0.25, 0.3) is 5.95 Å². The molecule has 0 bridgehead atoms. The van der Waals surface area contributed by atoms with Crippen LogP contribution in [-0.4, -0.2) is 57.9 Å². The van der Waals surface area contributed by atoms with E-state index in [2.05, 4.69) is 15.6 Å². The molecule has 8 nitrogen and oxygen atoms in total. The molecule has 0 unspecified atom stereocenters. The number of pyridine rings is 1. The van der Waals surface area contributed by atoms with Crippen molar-refractivity contribution in [2.75, 3.05) is 54.1 Å². The number of amides is 1. The van der Waals surface area contributed by atoms with Crippen LogP contribution in [0.5, 0.6) is 0 Å². The van der Waals surface area contributed by atoms with Crippen molar-refractivity contribution in [3.8, 4) is 0 Å². The quantitative estimate of drug-likeness (QED) is 0.614. The highest BCUT2D eigenvalue weighted by Gasteiger charge is 2.32. The SMILES string of the molecule is CC(=O)Nc1ccc(NCCS(=O)(=O)c2c(F)c(F)nc(N3CCOCC3)c2F)cc1. The molecule has 0 radical (unpaired) electrons. The van der Waals surface area contributed by atoms with E-state index >= 15 is 0 Å². The zero-order chi connectivity index (χ0) is 22.6. The lowest BCUT2D eigenvalue weighted by atomic mass is 10.3. The molecule has 1 amide bonds. The average molecular weight is 458 g/mol. The van der Waals surface area contributed by atoms with Gasteiger partial charge < -0.3 is 20.3 Å². The highest BCUT2D eigenvalue weighted by molar-refractivity contribution is 7.91. The maximum Gasteiger partial charge on any atom is 0.252 e. The summed E-state index contributed by atoms with van der Waals surface area (Å²) in [6.07, 6.45) is 0. The largest absolute Gasteiger partial charge is 0.384 e. The number of morpholine rings is 1. The van der Waals surface area contributed by atoms with Crippen LogP contribution in [0.2, 0.25) is 0 Å². The molecule has 2 heterocycles. The summed E-state index contributed by atoms with van der Waals surface area (Å²) < 4.78 is 73.5. The standard InChI is InChI=1S/C19H21F3N4O4S/c1-12(27)24-14-4-2-13(3-5-14)23-6-11-31(28,29)17-15(20)18(22)25-19(16(17)21)26-7-9-30-10-8-26/h2-5,23H,6-11H2,1H3,(H,24,27). The Hall–Kier alpha value is -2.86. The molecule has 2 aromatic rings. The van der Waals surface area contributed by atoms with Crippen LogP contribution in [0.25, 0.3) is 0 Å². The fourth-order valence-corrected chi connectivity index (χ4v) is 4.34. The van der Waals surface area contributed by atoms with Crippen LogP contribution in [0.4, 0.5) is 30.4 Å². The molecule has 12 heteroatoms. The molecule has 3 rings (SSSR count). The van der Waals surface area contributed by atoms with Crippen molar-refractivity contribution in [3.63, 3.8) is 0 Å². The Bertz CT molecular complexity index is 1060. The second-order valence-electron chi connectivity index (χ2n) is 6.79. The van der Waals surface area contributed by atoms with Gasteiger partial charge in [0.05, 0.1) is 19.0 Å². The molecule has 168 valence electrons. The van der Waals surface area contributed by atoms with Crippen LogP contribution < -0.4 is 15.5 Å². The van der Waals surface area contributed by atoms with Crippen molar-refractivity contribution in [1.29, 1.82) is 0 Å². The van der Waals surface area contributed by atoms with Crippen molar-refractivity contribution in [2.45, 2.75) is 11.8 Å². The maximum absolute atomic E-state index is 14.9. The number of nitrogens with one attached hydrogen (secondary N) is 2. The van der Waals surface area contributed by atoms with E-state index < -0.39 is 43.9 Å². The third kappa shape index (κ3) is 5.44. The Morgan fingerprint density at radius 2 is 1.71 bits per heavy atom. The topological polar surface area (TPSA) is 101 Å². The Balaban J connectivity index is 1.75. The van der Waals surface area contributed by atoms with Gasteiger partial charge in [0.15, 0.2) is 27.3 Å². The summed E-state index contributed by atoms with van der Waals surface area (Å²) in [4.78, 5) is 14.3. The summed E-state index contributed by atoms with van der Waals surface area (Å²) in [5.74, 6) is -6.41. The smallest absolute Gasteiger partial charge is 0.252 e. The number of benzene rings is 1. The summed E-state index contributed by atoms with van der Waals surface area (Å²) in [7, 11) is -4.51. The third-order valence-electron chi connectivity index (χ3n) is 4.51. The molecule has 1 fully saturated rings. The minimum Gasteiger partial charge on any atom is -0.384 e. The molecule has 0 spiro atoms. The van der Waals surface area contributed by atoms with Crippen LogP contribution in [0.3, 0.4) is 0 Å². The van der Waals surface area contributed by atoms with Crippen LogP contribution >= 0.6 is 0 Å². The van der Waals surface area contributed by atoms with Gasteiger partial charge in [0.1, 0.15) is 4.90 Å². The summed E-state index contributed by atoms with van der Waals surface area (Å²) in [6, 6.07) is 6.40. The Kier molecular flexibility index (Phi) is 7.01. The van der Waals surface area contributed by atoms with Gasteiger partial charge in [-0.1, -0.05) is 0 Å². The highest BCUT2D eigenvalue weighted by Crippen LogP contribution is 2.29. The minimum absolute atomic E-state index is 0.171. The van der Waals surface area contributed by atoms with E-state index in [1.165, 1.54) is 11.8 Å². The molecule has 1 aromatic heterocycles. The average Bonchev–Trinajstić information content (AvgIpc) is 2.72. The van der Waals surface area contributed by atoms with Crippen LogP contribution in [0.1, 0.15) is 6.92 Å². The van der Waals surface area contributed by atoms with Crippen LogP contribution in [0, 0.1) is 17.6 Å². The van der Waals surface area contributed by atoms with Crippen molar-refractivity contribution in [1.82, 2.24) is 4.98 Å². The van der Waals surface area contributed by atoms with Gasteiger partial charge in [0.2, 0.25) is 5.91 Å². The summed E-state index contributed by atoms with van der Waals surface area (Å²) in [5, 5.41) is 5.39. The molecular formula is C19H21F3N4O4S. The van der Waals surface area contributed by atoms with Crippen LogP contribution in [-0.2, 0) is 19.4 Å². The fourth-order valence-electron chi connectivity index (χ4n) is 3.05. The van der Waals surface area contributed by atoms with Gasteiger partial charge in [0, 0.05) is 37.9 Å². The number of carbonyl (C=O) groups excluding carboxylic acids is 1. The van der Waals surface area contributed by atoms with Gasteiger partial charge in [-0.25, -0.2) is 17.2 Å². The van der Waals surface area contributed by atoms with E-state index in [-0.39, 0.29) is 38.8 Å². The first kappa shape index (κ1) is 22.8. The number of hydrogen-bond acceptors (Lipinski definition) is 7. The Morgan fingerprint density at radius 3 is 2.32 bits per heavy atom. The third-order valence-corrected chi connectivity index (χ3v) is 6.23. The Labute approximate surface area is 177 Å². The summed E-state index contributed by atoms with van der Waals surface area (Å²) in [5.41, 5.74) is 1.08. The summed E-state index contributed by atoms with van der Waals surface area (Å²) in [6.45, 7) is 1.98. The second kappa shape index (κ2) is 9.52. The van der Waals surface area contributed by atoms with Gasteiger partial charge in [-0.2, -0.15) is 9.37 Å². The van der Waals surface area contributed by atoms with Gasteiger partial charge >= 0.3 is 0 Å². The van der Waals surface area contributed by atoms with E-state index in [0.717, 1.165) is 0 Å². The zero-order valence-corrected chi connectivity index (χ0v) is 17.4. The minimum atomic E-state index is -4.51. The van der Waals surface area contributed by atoms with E-state index in [0.29, 0.717) is 11.4 Å². The van der Waals surface area contributed by atoms with Gasteiger partial charge in [-0.3, -0.25) is 4.79 Å². The van der Waals surface area contributed by atoms with E-state index in [9.17, 15) is 26.4 Å². The first-order chi connectivity index (χ1) is 14.7. The maximum atomic E-state index is 14.9. The number of halogens is 3. The van der Waals surface area contributed by atoms with Crippen molar-refractivity contribution >= 4 is 32.9 Å². The molecule has 1 saturated heterocycles. The summed E-state index contributed by atoms with van der Waals surface area (Å²) >= 11 is 0. The van der Waals surface area contributed by atoms with Gasteiger partial charge in [-0.15, -0.1) is 0 Å². The molecule has 1 aromatic carbocycles. The number of carbonyl (C=O) groups is 1. The number of sulfone groups is 1. The number of anilines is 3. The molecule has 2 N–H and O–H groups in total. The predicted octanol–water partition coefficient (Wildman–Crippen LogP) is 2.18. The number of aromatic nitrogens is 1. The Morgan fingerprint density at radius 1 is 1.10 bits per heavy atom. The molecule has 0 saturated carbocycles. The van der Waals surface area contributed by atoms with Crippen molar-refractivity contribution in [3.05, 3.63) is 41.8 Å². The van der Waals surface area contributed by atoms with Crippen LogP contribution in [0.15, 0.2) is 29.2 Å². The molecule has 0 atom stereocenters. The number of rotatable bonds is 7. The van der Waals surface area contributed by atoms with Gasteiger partial charge in [-0.05, 0) is 24.3 Å². The molecule has 0 aliphatic carbocycles. The first-order valence-electron chi connectivity index (χ1n) is 9.40. The van der Waals surface area contributed by atoms with E-state index in [4.69, 9.17) is 4.74 Å². The first-order valence-corrected chi connectivity index (χ1v) is 11.1. The molecular weight excluding hydrogens is 437 g/mol. The highest BCUT2D eigenvalue weighted by atomic mass is 32.2. The normalized spacial score (nSPS) is 14.4. The fraction of sp³-hybridized carbons (Fsp3) is 0.368. The number of hydrogen-bond donors (Lipinski definition) is 2. The van der Waals surface area contributed by atoms with E-state index in [1.54, 1.807) is 24.3 Å². The number of nitrogens with zero attached hydrogens (tertiary/aromatic N) is 2. The molecule has 1 aliphatic heterocycles. The molecule has 1 aliphatic rings. The predicted molar refractivity (Wildman–Crippen MR) is 108 cm³/mol. The lowest BCUT2D eigenvalue weighted by Crippen LogP contribution is -2.38. The zero-order valence-electron chi connectivity index (χ0n) is 16.6. The van der Waals surface area contributed by atoms with E-state index in [1.807, 2.05) is 0 Å². The lowest BCUT2D eigenvalue weighted by molar-refractivity contribution is -0.114. The molecule has 31 heavy (non-hydrogen) atoms. The van der Waals surface area contributed by atoms with Crippen molar-refractivity contribution in [2.24, 2.45) is 0 Å². The second-order valence-corrected chi connectivity index (χ2v) is 8.83. The lowest BCUT2D eigenvalue weighted by Gasteiger charge is -2.28. The van der Waals surface area contributed by atoms with Crippen molar-refractivity contribution < 1.29 is 31.1 Å². The number of ether oxygens (including phenoxy) is 1. The monoisotopic (exact) mass is 458 g/mol.